The van der Waals surface area contributed by atoms with Crippen molar-refractivity contribution in [3.63, 3.8) is 0 Å². The Morgan fingerprint density at radius 3 is 2.72 bits per heavy atom. The van der Waals surface area contributed by atoms with Gasteiger partial charge >= 0.3 is 5.97 Å². The fourth-order valence-corrected chi connectivity index (χ4v) is 2.61. The number of aromatic nitrogens is 3. The van der Waals surface area contributed by atoms with E-state index < -0.39 is 11.9 Å². The number of aliphatic carboxylic acids is 1. The van der Waals surface area contributed by atoms with Crippen LogP contribution < -0.4 is 10.6 Å². The lowest BCUT2D eigenvalue weighted by atomic mass is 10.1. The minimum Gasteiger partial charge on any atom is -0.481 e. The van der Waals surface area contributed by atoms with E-state index in [1.165, 1.54) is 0 Å². The summed E-state index contributed by atoms with van der Waals surface area (Å²) in [7, 11) is 0. The third-order valence-corrected chi connectivity index (χ3v) is 3.89. The number of hydrogen-bond donors (Lipinski definition) is 3. The molecule has 2 aromatic rings. The Kier molecular flexibility index (Phi) is 4.71. The summed E-state index contributed by atoms with van der Waals surface area (Å²) in [5.74, 6) is -0.858. The van der Waals surface area contributed by atoms with Crippen LogP contribution in [-0.2, 0) is 9.59 Å². The molecule has 0 spiro atoms. The highest BCUT2D eigenvalue weighted by Gasteiger charge is 2.24. The SMILES string of the molecule is CC1=C[C@H](c2ccc(Cl)cc2)n2nc(NC(=O)CCC(=O)O)nc2N1. The standard InChI is InChI=1S/C16H16ClN5O3/c1-9-8-12(10-2-4-11(17)5-3-10)22-16(18-9)20-15(21-22)19-13(23)6-7-14(24)25/h2-5,8,12H,6-7H2,1H3,(H,24,25)(H2,18,19,20,21,23)/t12-/m1/s1. The monoisotopic (exact) mass is 361 g/mol. The van der Waals surface area contributed by atoms with Gasteiger partial charge in [0.25, 0.3) is 5.95 Å². The Labute approximate surface area is 148 Å². The molecule has 0 bridgehead atoms. The summed E-state index contributed by atoms with van der Waals surface area (Å²) in [4.78, 5) is 26.6. The molecule has 25 heavy (non-hydrogen) atoms. The van der Waals surface area contributed by atoms with Crippen molar-refractivity contribution in [2.24, 2.45) is 0 Å². The van der Waals surface area contributed by atoms with Gasteiger partial charge in [-0.1, -0.05) is 23.7 Å². The summed E-state index contributed by atoms with van der Waals surface area (Å²) >= 11 is 5.94. The average molecular weight is 362 g/mol. The predicted octanol–water partition coefficient (Wildman–Crippen LogP) is 2.65. The van der Waals surface area contributed by atoms with E-state index in [4.69, 9.17) is 16.7 Å². The smallest absolute Gasteiger partial charge is 0.303 e. The Morgan fingerprint density at radius 2 is 2.04 bits per heavy atom. The minimum atomic E-state index is -1.03. The van der Waals surface area contributed by atoms with E-state index in [2.05, 4.69) is 20.7 Å². The van der Waals surface area contributed by atoms with Crippen molar-refractivity contribution in [2.45, 2.75) is 25.8 Å². The van der Waals surface area contributed by atoms with Crippen molar-refractivity contribution < 1.29 is 14.7 Å². The number of fused-ring (bicyclic) bond motifs is 1. The van der Waals surface area contributed by atoms with Gasteiger partial charge in [-0.2, -0.15) is 4.98 Å². The Hall–Kier alpha value is -2.87. The quantitative estimate of drug-likeness (QED) is 0.755. The minimum absolute atomic E-state index is 0.125. The number of amides is 1. The van der Waals surface area contributed by atoms with Crippen LogP contribution in [0.4, 0.5) is 11.9 Å². The maximum Gasteiger partial charge on any atom is 0.303 e. The molecule has 3 N–H and O–H groups in total. The van der Waals surface area contributed by atoms with Crippen molar-refractivity contribution in [2.75, 3.05) is 10.6 Å². The maximum absolute atomic E-state index is 11.8. The van der Waals surface area contributed by atoms with Gasteiger partial charge in [0.1, 0.15) is 6.04 Å². The largest absolute Gasteiger partial charge is 0.481 e. The Morgan fingerprint density at radius 1 is 1.32 bits per heavy atom. The summed E-state index contributed by atoms with van der Waals surface area (Å²) < 4.78 is 1.66. The number of carbonyl (C=O) groups is 2. The van der Waals surface area contributed by atoms with E-state index in [0.29, 0.717) is 11.0 Å². The first-order valence-corrected chi connectivity index (χ1v) is 7.99. The fraction of sp³-hybridized carbons (Fsp3) is 0.250. The molecule has 1 aliphatic heterocycles. The Bertz CT molecular complexity index is 844. The highest BCUT2D eigenvalue weighted by molar-refractivity contribution is 6.30. The van der Waals surface area contributed by atoms with Crippen molar-refractivity contribution in [1.29, 1.82) is 0 Å². The lowest BCUT2D eigenvalue weighted by Crippen LogP contribution is -2.19. The number of rotatable bonds is 5. The van der Waals surface area contributed by atoms with Gasteiger partial charge in [0, 0.05) is 17.1 Å². The van der Waals surface area contributed by atoms with Crippen LogP contribution in [0.5, 0.6) is 0 Å². The number of halogens is 1. The first-order chi connectivity index (χ1) is 11.9. The molecule has 3 rings (SSSR count). The van der Waals surface area contributed by atoms with Crippen LogP contribution in [0.3, 0.4) is 0 Å². The molecule has 0 aliphatic carbocycles. The Balaban J connectivity index is 1.82. The van der Waals surface area contributed by atoms with Gasteiger partial charge in [0.15, 0.2) is 0 Å². The van der Waals surface area contributed by atoms with Crippen LogP contribution >= 0.6 is 11.6 Å². The number of allylic oxidation sites excluding steroid dienone is 2. The van der Waals surface area contributed by atoms with E-state index in [0.717, 1.165) is 11.3 Å². The van der Waals surface area contributed by atoms with E-state index in [1.54, 1.807) is 16.8 Å². The third-order valence-electron chi connectivity index (χ3n) is 3.64. The number of nitrogens with one attached hydrogen (secondary N) is 2. The van der Waals surface area contributed by atoms with Crippen LogP contribution in [0.1, 0.15) is 31.4 Å². The second kappa shape index (κ2) is 6.94. The molecule has 8 nitrogen and oxygen atoms in total. The molecule has 0 radical (unpaired) electrons. The highest BCUT2D eigenvalue weighted by Crippen LogP contribution is 2.30. The molecule has 1 aromatic heterocycles. The van der Waals surface area contributed by atoms with Crippen LogP contribution in [0.25, 0.3) is 0 Å². The van der Waals surface area contributed by atoms with E-state index in [1.807, 2.05) is 25.1 Å². The van der Waals surface area contributed by atoms with Crippen molar-refractivity contribution >= 4 is 35.4 Å². The summed E-state index contributed by atoms with van der Waals surface area (Å²) in [6.45, 7) is 1.91. The van der Waals surface area contributed by atoms with Crippen LogP contribution in [0, 0.1) is 0 Å². The zero-order valence-corrected chi connectivity index (χ0v) is 14.1. The molecule has 1 aliphatic rings. The van der Waals surface area contributed by atoms with Gasteiger partial charge < -0.3 is 10.4 Å². The summed E-state index contributed by atoms with van der Waals surface area (Å²) in [6.07, 6.45) is 1.61. The highest BCUT2D eigenvalue weighted by atomic mass is 35.5. The predicted molar refractivity (Wildman–Crippen MR) is 92.5 cm³/mol. The molecule has 2 heterocycles. The van der Waals surface area contributed by atoms with Crippen LogP contribution in [0.15, 0.2) is 36.0 Å². The number of carboxylic acid groups (broad SMARTS) is 1. The molecule has 0 saturated heterocycles. The zero-order valence-electron chi connectivity index (χ0n) is 13.4. The molecular formula is C16H16ClN5O3. The third kappa shape index (κ3) is 3.97. The lowest BCUT2D eigenvalue weighted by molar-refractivity contribution is -0.138. The molecule has 0 saturated carbocycles. The zero-order chi connectivity index (χ0) is 18.0. The molecule has 1 atom stereocenters. The van der Waals surface area contributed by atoms with Gasteiger partial charge in [-0.15, -0.1) is 5.10 Å². The van der Waals surface area contributed by atoms with E-state index in [-0.39, 0.29) is 24.8 Å². The number of nitrogens with zero attached hydrogens (tertiary/aromatic N) is 3. The van der Waals surface area contributed by atoms with Gasteiger partial charge in [-0.25, -0.2) is 4.68 Å². The molecule has 1 aromatic carbocycles. The maximum atomic E-state index is 11.8. The molecule has 0 unspecified atom stereocenters. The topological polar surface area (TPSA) is 109 Å². The molecular weight excluding hydrogens is 346 g/mol. The summed E-state index contributed by atoms with van der Waals surface area (Å²) in [5.41, 5.74) is 1.88. The molecule has 130 valence electrons. The van der Waals surface area contributed by atoms with Gasteiger partial charge in [-0.05, 0) is 30.7 Å². The number of anilines is 2. The van der Waals surface area contributed by atoms with Crippen molar-refractivity contribution in [3.8, 4) is 0 Å². The fourth-order valence-electron chi connectivity index (χ4n) is 2.49. The second-order valence-electron chi connectivity index (χ2n) is 5.62. The lowest BCUT2D eigenvalue weighted by Gasteiger charge is -2.22. The number of carbonyl (C=O) groups excluding carboxylic acids is 1. The van der Waals surface area contributed by atoms with Gasteiger partial charge in [0.05, 0.1) is 6.42 Å². The summed E-state index contributed by atoms with van der Waals surface area (Å²) in [5, 5.41) is 19.2. The van der Waals surface area contributed by atoms with Gasteiger partial charge in [0.2, 0.25) is 11.9 Å². The van der Waals surface area contributed by atoms with E-state index >= 15 is 0 Å². The second-order valence-corrected chi connectivity index (χ2v) is 6.05. The molecule has 9 heteroatoms. The van der Waals surface area contributed by atoms with E-state index in [9.17, 15) is 9.59 Å². The van der Waals surface area contributed by atoms with Crippen molar-refractivity contribution in [1.82, 2.24) is 14.8 Å². The van der Waals surface area contributed by atoms with Crippen LogP contribution in [-0.4, -0.2) is 31.7 Å². The number of benzene rings is 1. The molecule has 1 amide bonds. The first kappa shape index (κ1) is 17.0. The average Bonchev–Trinajstić information content (AvgIpc) is 2.95. The van der Waals surface area contributed by atoms with Gasteiger partial charge in [-0.3, -0.25) is 14.9 Å². The van der Waals surface area contributed by atoms with Crippen molar-refractivity contribution in [3.05, 3.63) is 46.6 Å². The van der Waals surface area contributed by atoms with Crippen LogP contribution in [0.2, 0.25) is 5.02 Å². The summed E-state index contributed by atoms with van der Waals surface area (Å²) in [6, 6.07) is 7.21. The normalized spacial score (nSPS) is 15.8. The molecule has 0 fully saturated rings. The number of carboxylic acids is 1. The first-order valence-electron chi connectivity index (χ1n) is 7.61. The number of hydrogen-bond acceptors (Lipinski definition) is 5.